The number of anilines is 2. The number of methoxy groups -OCH3 is 1. The van der Waals surface area contributed by atoms with Crippen LogP contribution in [0.4, 0.5) is 11.4 Å². The van der Waals surface area contributed by atoms with Crippen LogP contribution in [0.15, 0.2) is 61.1 Å². The molecule has 1 unspecified atom stereocenters. The lowest BCUT2D eigenvalue weighted by Gasteiger charge is -2.15. The monoisotopic (exact) mass is 568 g/mol. The minimum Gasteiger partial charge on any atom is -0.398 e. The summed E-state index contributed by atoms with van der Waals surface area (Å²) >= 11 is 23.7. The van der Waals surface area contributed by atoms with Gasteiger partial charge in [-0.05, 0) is 37.6 Å². The Kier molecular flexibility index (Phi) is 13.9. The first-order chi connectivity index (χ1) is 17.0. The molecule has 0 aliphatic carbocycles. The number of halogens is 4. The summed E-state index contributed by atoms with van der Waals surface area (Å²) in [6.07, 6.45) is 4.25. The summed E-state index contributed by atoms with van der Waals surface area (Å²) in [5, 5.41) is 13.3. The smallest absolute Gasteiger partial charge is 0.0861 e. The van der Waals surface area contributed by atoms with Crippen molar-refractivity contribution in [2.45, 2.75) is 40.2 Å². The van der Waals surface area contributed by atoms with Gasteiger partial charge in [-0.15, -0.1) is 0 Å². The predicted molar refractivity (Wildman–Crippen MR) is 157 cm³/mol. The van der Waals surface area contributed by atoms with Crippen LogP contribution in [-0.2, 0) is 4.74 Å². The Bertz CT molecular complexity index is 1160. The molecule has 36 heavy (non-hydrogen) atoms. The average molecular weight is 570 g/mol. The minimum absolute atomic E-state index is 0.104. The van der Waals surface area contributed by atoms with Crippen LogP contribution < -0.4 is 11.1 Å². The number of hydrogen-bond acceptors (Lipinski definition) is 5. The molecule has 1 atom stereocenters. The first-order valence-electron chi connectivity index (χ1n) is 11.1. The van der Waals surface area contributed by atoms with Crippen LogP contribution in [0.5, 0.6) is 0 Å². The molecule has 194 valence electrons. The predicted octanol–water partition coefficient (Wildman–Crippen LogP) is 9.39. The molecule has 0 bridgehead atoms. The van der Waals surface area contributed by atoms with Gasteiger partial charge in [-0.2, -0.15) is 0 Å². The van der Waals surface area contributed by atoms with Gasteiger partial charge in [0.2, 0.25) is 0 Å². The molecule has 2 aromatic carbocycles. The maximum atomic E-state index is 8.19. The molecular weight excluding hydrogens is 538 g/mol. The van der Waals surface area contributed by atoms with Crippen LogP contribution >= 0.6 is 46.4 Å². The number of aromatic nitrogens is 1. The Morgan fingerprint density at radius 2 is 1.58 bits per heavy atom. The van der Waals surface area contributed by atoms with Gasteiger partial charge < -0.3 is 15.8 Å². The third kappa shape index (κ3) is 9.30. The Morgan fingerprint density at radius 3 is 2.11 bits per heavy atom. The van der Waals surface area contributed by atoms with Gasteiger partial charge in [0, 0.05) is 42.0 Å². The van der Waals surface area contributed by atoms with Gasteiger partial charge in [0.1, 0.15) is 0 Å². The van der Waals surface area contributed by atoms with Crippen molar-refractivity contribution in [1.29, 1.82) is 5.41 Å². The van der Waals surface area contributed by atoms with Crippen molar-refractivity contribution in [3.05, 3.63) is 97.8 Å². The third-order valence-corrected chi connectivity index (χ3v) is 6.06. The molecule has 0 amide bonds. The van der Waals surface area contributed by atoms with Crippen molar-refractivity contribution in [2.24, 2.45) is 0 Å². The average Bonchev–Trinajstić information content (AvgIpc) is 2.83. The summed E-state index contributed by atoms with van der Waals surface area (Å²) in [7, 11) is 1.61. The summed E-state index contributed by atoms with van der Waals surface area (Å²) in [6.45, 7) is 11.9. The lowest BCUT2D eigenvalue weighted by molar-refractivity contribution is 0.119. The van der Waals surface area contributed by atoms with E-state index in [1.807, 2.05) is 26.0 Å². The van der Waals surface area contributed by atoms with E-state index in [9.17, 15) is 0 Å². The first-order valence-corrected chi connectivity index (χ1v) is 12.7. The molecule has 0 fully saturated rings. The number of aryl methyl sites for hydroxylation is 1. The second-order valence-corrected chi connectivity index (χ2v) is 9.38. The fourth-order valence-corrected chi connectivity index (χ4v) is 3.87. The van der Waals surface area contributed by atoms with Crippen LogP contribution in [0.25, 0.3) is 0 Å². The number of benzene rings is 2. The summed E-state index contributed by atoms with van der Waals surface area (Å²) in [6, 6.07) is 10.7. The molecular formula is C27H32Cl4N4O. The Morgan fingerprint density at radius 1 is 1.06 bits per heavy atom. The number of rotatable bonds is 6. The van der Waals surface area contributed by atoms with Crippen molar-refractivity contribution in [3.63, 3.8) is 0 Å². The Hall–Kier alpha value is -2.28. The number of pyridine rings is 1. The van der Waals surface area contributed by atoms with Crippen LogP contribution in [0, 0.1) is 12.3 Å². The fourth-order valence-electron chi connectivity index (χ4n) is 2.82. The maximum Gasteiger partial charge on any atom is 0.0861 e. The normalized spacial score (nSPS) is 10.8. The zero-order chi connectivity index (χ0) is 27.4. The molecule has 0 spiro atoms. The Balaban J connectivity index is 0.000000365. The van der Waals surface area contributed by atoms with Crippen molar-refractivity contribution in [2.75, 3.05) is 18.2 Å². The van der Waals surface area contributed by atoms with Gasteiger partial charge in [0.05, 0.1) is 37.6 Å². The molecule has 0 aliphatic heterocycles. The zero-order valence-electron chi connectivity index (χ0n) is 21.1. The molecule has 0 saturated heterocycles. The highest BCUT2D eigenvalue weighted by Crippen LogP contribution is 2.31. The molecule has 5 nitrogen and oxygen atoms in total. The first kappa shape index (κ1) is 31.7. The number of nitrogen functional groups attached to an aromatic ring is 1. The number of ether oxygens (including phenoxy) is 1. The van der Waals surface area contributed by atoms with Gasteiger partial charge in [-0.25, -0.2) is 0 Å². The topological polar surface area (TPSA) is 84.0 Å². The fraction of sp³-hybridized carbons (Fsp3) is 0.259. The molecule has 0 aliphatic rings. The molecule has 0 radical (unpaired) electrons. The van der Waals surface area contributed by atoms with Gasteiger partial charge in [-0.1, -0.05) is 91.5 Å². The number of para-hydroxylation sites is 1. The van der Waals surface area contributed by atoms with Crippen LogP contribution in [-0.4, -0.2) is 17.8 Å². The largest absolute Gasteiger partial charge is 0.398 e. The highest BCUT2D eigenvalue weighted by atomic mass is 35.5. The highest BCUT2D eigenvalue weighted by molar-refractivity contribution is 6.42. The molecule has 3 rings (SSSR count). The number of nitrogens with two attached hydrogens (primary N) is 1. The quantitative estimate of drug-likeness (QED) is 0.204. The number of nitrogens with one attached hydrogen (secondary N) is 2. The third-order valence-electron chi connectivity index (χ3n) is 4.74. The number of allylic oxidation sites excluding steroid dienone is 1. The SMILES string of the molecule is C=C(Nc1cc(Cl)c(Cl)cc1C)C(=N)c1ccccc1N.CCC.COC(C)c1c(Cl)cncc1Cl. The van der Waals surface area contributed by atoms with E-state index in [2.05, 4.69) is 30.7 Å². The van der Waals surface area contributed by atoms with E-state index in [1.54, 1.807) is 43.8 Å². The second-order valence-electron chi connectivity index (χ2n) is 7.75. The molecule has 0 saturated carbocycles. The van der Waals surface area contributed by atoms with E-state index in [-0.39, 0.29) is 11.8 Å². The van der Waals surface area contributed by atoms with E-state index in [4.69, 9.17) is 62.3 Å². The van der Waals surface area contributed by atoms with Crippen molar-refractivity contribution < 1.29 is 4.74 Å². The van der Waals surface area contributed by atoms with E-state index < -0.39 is 0 Å². The summed E-state index contributed by atoms with van der Waals surface area (Å²) < 4.78 is 5.10. The van der Waals surface area contributed by atoms with E-state index >= 15 is 0 Å². The number of nitrogens with zero attached hydrogens (tertiary/aromatic N) is 1. The van der Waals surface area contributed by atoms with Crippen LogP contribution in [0.2, 0.25) is 20.1 Å². The lowest BCUT2D eigenvalue weighted by Crippen LogP contribution is -2.13. The molecule has 1 heterocycles. The van der Waals surface area contributed by atoms with Gasteiger partial charge >= 0.3 is 0 Å². The van der Waals surface area contributed by atoms with E-state index in [0.717, 1.165) is 16.8 Å². The highest BCUT2D eigenvalue weighted by Gasteiger charge is 2.13. The summed E-state index contributed by atoms with van der Waals surface area (Å²) in [4.78, 5) is 3.84. The Labute approximate surface area is 234 Å². The standard InChI is InChI=1S/C16H15Cl2N3.C8H9Cl2NO.C3H8/c1-9-7-12(17)13(18)8-15(9)21-10(2)16(20)11-5-3-4-6-14(11)19;1-5(12-2)8-6(9)3-11-4-7(8)10;1-3-2/h3-8,20-21H,2,19H2,1H3;3-5H,1-2H3;3H2,1-2H3. The molecule has 1 aromatic heterocycles. The zero-order valence-corrected chi connectivity index (χ0v) is 24.1. The van der Waals surface area contributed by atoms with Crippen molar-refractivity contribution in [3.8, 4) is 0 Å². The maximum absolute atomic E-state index is 8.19. The molecule has 4 N–H and O–H groups in total. The van der Waals surface area contributed by atoms with Gasteiger partial charge in [-0.3, -0.25) is 10.4 Å². The van der Waals surface area contributed by atoms with Crippen LogP contribution in [0.1, 0.15) is 50.0 Å². The second kappa shape index (κ2) is 15.7. The molecule has 9 heteroatoms. The minimum atomic E-state index is -0.104. The van der Waals surface area contributed by atoms with Gasteiger partial charge in [0.25, 0.3) is 0 Å². The van der Waals surface area contributed by atoms with E-state index in [0.29, 0.717) is 37.0 Å². The summed E-state index contributed by atoms with van der Waals surface area (Å²) in [5.41, 5.74) is 10.2. The van der Waals surface area contributed by atoms with E-state index in [1.165, 1.54) is 6.42 Å². The van der Waals surface area contributed by atoms with Gasteiger partial charge in [0.15, 0.2) is 0 Å². The molecule has 3 aromatic rings. The van der Waals surface area contributed by atoms with Crippen molar-refractivity contribution in [1.82, 2.24) is 4.98 Å². The number of hydrogen-bond donors (Lipinski definition) is 3. The van der Waals surface area contributed by atoms with Crippen LogP contribution in [0.3, 0.4) is 0 Å². The lowest BCUT2D eigenvalue weighted by atomic mass is 10.1. The van der Waals surface area contributed by atoms with Crippen molar-refractivity contribution >= 4 is 63.5 Å². The summed E-state index contributed by atoms with van der Waals surface area (Å²) in [5.74, 6) is 0.